The molecule has 0 saturated carbocycles. The van der Waals surface area contributed by atoms with Gasteiger partial charge in [0.05, 0.1) is 10.5 Å². The third-order valence-corrected chi connectivity index (χ3v) is 3.53. The maximum Gasteiger partial charge on any atom is 0.270 e. The average Bonchev–Trinajstić information content (AvgIpc) is 2.42. The first-order chi connectivity index (χ1) is 9.88. The van der Waals surface area contributed by atoms with E-state index in [1.807, 2.05) is 0 Å². The Morgan fingerprint density at radius 2 is 2.00 bits per heavy atom. The molecular formula is C14H10BrFN2O3. The number of nitrogens with one attached hydrogen (secondary N) is 1. The maximum absolute atomic E-state index is 13.0. The molecule has 0 spiro atoms. The molecule has 0 aromatic heterocycles. The first-order valence-electron chi connectivity index (χ1n) is 5.90. The number of nitrogens with zero attached hydrogens (tertiary/aromatic N) is 1. The molecule has 7 heteroatoms. The van der Waals surface area contributed by atoms with Crippen molar-refractivity contribution in [3.63, 3.8) is 0 Å². The van der Waals surface area contributed by atoms with Crippen LogP contribution in [0.1, 0.15) is 15.9 Å². The van der Waals surface area contributed by atoms with Crippen LogP contribution in [0.2, 0.25) is 0 Å². The summed E-state index contributed by atoms with van der Waals surface area (Å²) in [7, 11) is 0. The molecule has 0 aliphatic heterocycles. The van der Waals surface area contributed by atoms with Crippen LogP contribution in [0, 0.1) is 22.9 Å². The molecule has 108 valence electrons. The molecule has 0 heterocycles. The molecule has 21 heavy (non-hydrogen) atoms. The zero-order valence-electron chi connectivity index (χ0n) is 10.9. The van der Waals surface area contributed by atoms with Crippen molar-refractivity contribution in [2.45, 2.75) is 6.92 Å². The number of hydrogen-bond donors (Lipinski definition) is 1. The SMILES string of the molecule is Cc1cc(F)ccc1NC(=O)c1cc([N+](=O)[O-])ccc1Br. The fourth-order valence-electron chi connectivity index (χ4n) is 1.76. The van der Waals surface area contributed by atoms with E-state index < -0.39 is 16.6 Å². The summed E-state index contributed by atoms with van der Waals surface area (Å²) in [4.78, 5) is 22.4. The van der Waals surface area contributed by atoms with Crippen LogP contribution < -0.4 is 5.32 Å². The molecule has 0 aliphatic carbocycles. The van der Waals surface area contributed by atoms with Crippen molar-refractivity contribution >= 4 is 33.2 Å². The largest absolute Gasteiger partial charge is 0.322 e. The number of hydrogen-bond acceptors (Lipinski definition) is 3. The predicted octanol–water partition coefficient (Wildman–Crippen LogP) is 4.06. The van der Waals surface area contributed by atoms with Crippen LogP contribution in [0.5, 0.6) is 0 Å². The second-order valence-corrected chi connectivity index (χ2v) is 5.19. The van der Waals surface area contributed by atoms with E-state index in [9.17, 15) is 19.3 Å². The molecule has 2 rings (SSSR count). The third kappa shape index (κ3) is 3.43. The van der Waals surface area contributed by atoms with Crippen LogP contribution in [0.3, 0.4) is 0 Å². The van der Waals surface area contributed by atoms with Gasteiger partial charge < -0.3 is 5.32 Å². The average molecular weight is 353 g/mol. The highest BCUT2D eigenvalue weighted by Crippen LogP contribution is 2.24. The Morgan fingerprint density at radius 1 is 1.29 bits per heavy atom. The quantitative estimate of drug-likeness (QED) is 0.668. The lowest BCUT2D eigenvalue weighted by molar-refractivity contribution is -0.384. The molecule has 0 fully saturated rings. The van der Waals surface area contributed by atoms with E-state index in [0.29, 0.717) is 15.7 Å². The Balaban J connectivity index is 2.32. The Kier molecular flexibility index (Phi) is 4.32. The Labute approximate surface area is 128 Å². The molecule has 1 N–H and O–H groups in total. The Bertz CT molecular complexity index is 734. The Hall–Kier alpha value is -2.28. The molecule has 0 bridgehead atoms. The highest BCUT2D eigenvalue weighted by Gasteiger charge is 2.16. The van der Waals surface area contributed by atoms with Crippen LogP contribution in [0.25, 0.3) is 0 Å². The minimum atomic E-state index is -0.577. The van der Waals surface area contributed by atoms with Gasteiger partial charge in [0.25, 0.3) is 11.6 Å². The van der Waals surface area contributed by atoms with Gasteiger partial charge in [-0.2, -0.15) is 0 Å². The van der Waals surface area contributed by atoms with E-state index in [1.165, 1.54) is 36.4 Å². The summed E-state index contributed by atoms with van der Waals surface area (Å²) in [5.41, 5.74) is 0.955. The number of nitro benzene ring substituents is 1. The first kappa shape index (κ1) is 15.1. The number of rotatable bonds is 3. The van der Waals surface area contributed by atoms with Gasteiger partial charge in [-0.15, -0.1) is 0 Å². The highest BCUT2D eigenvalue weighted by molar-refractivity contribution is 9.10. The summed E-state index contributed by atoms with van der Waals surface area (Å²) in [6.45, 7) is 1.65. The fourth-order valence-corrected chi connectivity index (χ4v) is 2.18. The van der Waals surface area contributed by atoms with Gasteiger partial charge in [0.1, 0.15) is 5.82 Å². The summed E-state index contributed by atoms with van der Waals surface area (Å²) in [6, 6.07) is 7.86. The first-order valence-corrected chi connectivity index (χ1v) is 6.69. The number of amides is 1. The van der Waals surface area contributed by atoms with Gasteiger partial charge in [0, 0.05) is 22.3 Å². The van der Waals surface area contributed by atoms with Crippen LogP contribution in [-0.2, 0) is 0 Å². The summed E-state index contributed by atoms with van der Waals surface area (Å²) in [6.07, 6.45) is 0. The second-order valence-electron chi connectivity index (χ2n) is 4.33. The number of nitro groups is 1. The molecular weight excluding hydrogens is 343 g/mol. The minimum Gasteiger partial charge on any atom is -0.322 e. The van der Waals surface area contributed by atoms with Crippen molar-refractivity contribution in [3.8, 4) is 0 Å². The van der Waals surface area contributed by atoms with Gasteiger partial charge in [0.15, 0.2) is 0 Å². The molecule has 0 radical (unpaired) electrons. The zero-order chi connectivity index (χ0) is 15.6. The van der Waals surface area contributed by atoms with E-state index in [0.717, 1.165) is 0 Å². The normalized spacial score (nSPS) is 10.2. The standard InChI is InChI=1S/C14H10BrFN2O3/c1-8-6-9(16)2-5-13(8)17-14(19)11-7-10(18(20)21)3-4-12(11)15/h2-7H,1H3,(H,17,19). The van der Waals surface area contributed by atoms with Crippen LogP contribution >= 0.6 is 15.9 Å². The third-order valence-electron chi connectivity index (χ3n) is 2.84. The van der Waals surface area contributed by atoms with Gasteiger partial charge in [-0.25, -0.2) is 4.39 Å². The molecule has 1 amide bonds. The Morgan fingerprint density at radius 3 is 2.62 bits per heavy atom. The van der Waals surface area contributed by atoms with E-state index in [4.69, 9.17) is 0 Å². The molecule has 0 aliphatic rings. The number of carbonyl (C=O) groups excluding carboxylic acids is 1. The fraction of sp³-hybridized carbons (Fsp3) is 0.0714. The van der Waals surface area contributed by atoms with Gasteiger partial charge in [0.2, 0.25) is 0 Å². The van der Waals surface area contributed by atoms with Gasteiger partial charge in [-0.1, -0.05) is 0 Å². The van der Waals surface area contributed by atoms with Gasteiger partial charge in [-0.05, 0) is 52.7 Å². The number of anilines is 1. The van der Waals surface area contributed by atoms with Crippen molar-refractivity contribution in [2.24, 2.45) is 0 Å². The molecule has 0 atom stereocenters. The predicted molar refractivity (Wildman–Crippen MR) is 79.9 cm³/mol. The van der Waals surface area contributed by atoms with Crippen molar-refractivity contribution in [2.75, 3.05) is 5.32 Å². The minimum absolute atomic E-state index is 0.132. The molecule has 0 saturated heterocycles. The van der Waals surface area contributed by atoms with Gasteiger partial charge in [-0.3, -0.25) is 14.9 Å². The van der Waals surface area contributed by atoms with E-state index in [2.05, 4.69) is 21.2 Å². The van der Waals surface area contributed by atoms with Crippen LogP contribution in [0.15, 0.2) is 40.9 Å². The molecule has 0 unspecified atom stereocenters. The topological polar surface area (TPSA) is 72.2 Å². The van der Waals surface area contributed by atoms with Crippen molar-refractivity contribution in [3.05, 3.63) is 67.9 Å². The van der Waals surface area contributed by atoms with E-state index in [-0.39, 0.29) is 11.3 Å². The van der Waals surface area contributed by atoms with Gasteiger partial charge >= 0.3 is 0 Å². The highest BCUT2D eigenvalue weighted by atomic mass is 79.9. The second kappa shape index (κ2) is 6.01. The number of carbonyl (C=O) groups is 1. The summed E-state index contributed by atoms with van der Waals surface area (Å²) >= 11 is 3.18. The monoisotopic (exact) mass is 352 g/mol. The molecule has 5 nitrogen and oxygen atoms in total. The summed E-state index contributed by atoms with van der Waals surface area (Å²) in [5, 5.41) is 13.4. The van der Waals surface area contributed by atoms with Crippen LogP contribution in [0.4, 0.5) is 15.8 Å². The smallest absolute Gasteiger partial charge is 0.270 e. The number of benzene rings is 2. The number of halogens is 2. The van der Waals surface area contributed by atoms with Crippen LogP contribution in [-0.4, -0.2) is 10.8 Å². The van der Waals surface area contributed by atoms with E-state index in [1.54, 1.807) is 6.92 Å². The number of aryl methyl sites for hydroxylation is 1. The van der Waals surface area contributed by atoms with Crippen molar-refractivity contribution < 1.29 is 14.1 Å². The maximum atomic E-state index is 13.0. The van der Waals surface area contributed by atoms with Crippen molar-refractivity contribution in [1.29, 1.82) is 0 Å². The molecule has 2 aromatic rings. The number of non-ortho nitro benzene ring substituents is 1. The molecule has 2 aromatic carbocycles. The lowest BCUT2D eigenvalue weighted by atomic mass is 10.1. The van der Waals surface area contributed by atoms with E-state index >= 15 is 0 Å². The lowest BCUT2D eigenvalue weighted by Crippen LogP contribution is -2.13. The van der Waals surface area contributed by atoms with Crippen molar-refractivity contribution in [1.82, 2.24) is 0 Å². The summed E-state index contributed by atoms with van der Waals surface area (Å²) in [5.74, 6) is -0.915. The summed E-state index contributed by atoms with van der Waals surface area (Å²) < 4.78 is 13.5. The zero-order valence-corrected chi connectivity index (χ0v) is 12.5. The lowest BCUT2D eigenvalue weighted by Gasteiger charge is -2.09.